The van der Waals surface area contributed by atoms with E-state index in [0.717, 1.165) is 28.7 Å². The number of nitriles is 1. The molecule has 2 heterocycles. The number of amides is 3. The summed E-state index contributed by atoms with van der Waals surface area (Å²) in [7, 11) is 6.84. The van der Waals surface area contributed by atoms with E-state index in [4.69, 9.17) is 4.42 Å². The first-order chi connectivity index (χ1) is 24.4. The van der Waals surface area contributed by atoms with Gasteiger partial charge in [0.05, 0.1) is 12.6 Å². The van der Waals surface area contributed by atoms with Gasteiger partial charge in [0, 0.05) is 57.5 Å². The van der Waals surface area contributed by atoms with Crippen LogP contribution in [0.5, 0.6) is 0 Å². The van der Waals surface area contributed by atoms with Crippen LogP contribution in [0.25, 0.3) is 11.5 Å². The minimum absolute atomic E-state index is 0.0341. The Morgan fingerprint density at radius 1 is 0.961 bits per heavy atom. The van der Waals surface area contributed by atoms with Gasteiger partial charge in [0.1, 0.15) is 17.3 Å². The molecule has 12 heteroatoms. The van der Waals surface area contributed by atoms with Gasteiger partial charge >= 0.3 is 0 Å². The SMILES string of the molecule is C[C@H](CC1(c2nnc(-c3ccc(F)cc3)o2)c2ccc(C(=O)N(C)C)cc2CCc2cc(C(=O)N(C)C)ccc21)NCC(=O)N1CCCC1C#N. The van der Waals surface area contributed by atoms with E-state index in [1.165, 1.54) is 21.9 Å². The molecule has 0 bridgehead atoms. The fourth-order valence-electron chi connectivity index (χ4n) is 7.37. The lowest BCUT2D eigenvalue weighted by Crippen LogP contribution is -2.45. The van der Waals surface area contributed by atoms with Crippen molar-refractivity contribution in [2.24, 2.45) is 0 Å². The number of hydrogen-bond donors (Lipinski definition) is 1. The molecule has 11 nitrogen and oxygen atoms in total. The van der Waals surface area contributed by atoms with Crippen molar-refractivity contribution >= 4 is 17.7 Å². The van der Waals surface area contributed by atoms with Gasteiger partial charge in [0.2, 0.25) is 17.7 Å². The molecular weight excluding hydrogens is 649 g/mol. The molecule has 4 aromatic rings. The van der Waals surface area contributed by atoms with Gasteiger partial charge in [-0.3, -0.25) is 14.4 Å². The largest absolute Gasteiger partial charge is 0.419 e. The molecule has 1 N–H and O–H groups in total. The van der Waals surface area contributed by atoms with Gasteiger partial charge < -0.3 is 24.4 Å². The van der Waals surface area contributed by atoms with Gasteiger partial charge in [-0.1, -0.05) is 12.1 Å². The van der Waals surface area contributed by atoms with Crippen molar-refractivity contribution in [1.29, 1.82) is 5.26 Å². The van der Waals surface area contributed by atoms with Crippen LogP contribution in [0.3, 0.4) is 0 Å². The third kappa shape index (κ3) is 6.86. The molecule has 1 unspecified atom stereocenters. The maximum Gasteiger partial charge on any atom is 0.253 e. The number of fused-ring (bicyclic) bond motifs is 2. The fraction of sp³-hybridized carbons (Fsp3) is 0.385. The number of carbonyl (C=O) groups is 3. The van der Waals surface area contributed by atoms with E-state index in [2.05, 4.69) is 21.6 Å². The zero-order chi connectivity index (χ0) is 36.4. The first kappa shape index (κ1) is 35.4. The molecule has 6 rings (SSSR count). The fourth-order valence-corrected chi connectivity index (χ4v) is 7.37. The molecule has 1 saturated heterocycles. The molecule has 1 aliphatic heterocycles. The van der Waals surface area contributed by atoms with Crippen molar-refractivity contribution in [2.75, 3.05) is 41.3 Å². The third-order valence-corrected chi connectivity index (χ3v) is 9.92. The Bertz CT molecular complexity index is 1930. The van der Waals surface area contributed by atoms with Crippen LogP contribution in [-0.2, 0) is 23.1 Å². The maximum atomic E-state index is 13.9. The first-order valence-electron chi connectivity index (χ1n) is 17.2. The highest BCUT2D eigenvalue weighted by Gasteiger charge is 2.47. The summed E-state index contributed by atoms with van der Waals surface area (Å²) in [6.07, 6.45) is 2.96. The molecule has 0 radical (unpaired) electrons. The van der Waals surface area contributed by atoms with Crippen LogP contribution in [-0.4, -0.2) is 96.0 Å². The smallest absolute Gasteiger partial charge is 0.253 e. The summed E-state index contributed by atoms with van der Waals surface area (Å²) in [4.78, 5) is 44.3. The molecule has 2 atom stereocenters. The Hall–Kier alpha value is -5.41. The van der Waals surface area contributed by atoms with Crippen LogP contribution in [0, 0.1) is 17.1 Å². The molecule has 0 saturated carbocycles. The van der Waals surface area contributed by atoms with Crippen LogP contribution >= 0.6 is 0 Å². The van der Waals surface area contributed by atoms with Gasteiger partial charge in [-0.25, -0.2) is 4.39 Å². The second-order valence-corrected chi connectivity index (χ2v) is 13.8. The number of aryl methyl sites for hydroxylation is 2. The summed E-state index contributed by atoms with van der Waals surface area (Å²) in [6, 6.07) is 18.7. The highest BCUT2D eigenvalue weighted by molar-refractivity contribution is 5.95. The number of nitrogens with zero attached hydrogens (tertiary/aromatic N) is 6. The summed E-state index contributed by atoms with van der Waals surface area (Å²) < 4.78 is 20.4. The van der Waals surface area contributed by atoms with Crippen molar-refractivity contribution in [2.45, 2.75) is 56.5 Å². The van der Waals surface area contributed by atoms with Crippen molar-refractivity contribution in [3.63, 3.8) is 0 Å². The average molecular weight is 692 g/mol. The maximum absolute atomic E-state index is 13.9. The zero-order valence-electron chi connectivity index (χ0n) is 29.6. The van der Waals surface area contributed by atoms with Crippen LogP contribution in [0.15, 0.2) is 65.1 Å². The van der Waals surface area contributed by atoms with Crippen molar-refractivity contribution < 1.29 is 23.2 Å². The summed E-state index contributed by atoms with van der Waals surface area (Å²) in [5.41, 5.74) is 4.08. The molecule has 1 aromatic heterocycles. The van der Waals surface area contributed by atoms with E-state index in [1.54, 1.807) is 57.4 Å². The van der Waals surface area contributed by atoms with Gasteiger partial charge in [-0.15, -0.1) is 10.2 Å². The predicted molar refractivity (Wildman–Crippen MR) is 188 cm³/mol. The van der Waals surface area contributed by atoms with Crippen LogP contribution in [0.1, 0.15) is 75.0 Å². The lowest BCUT2D eigenvalue weighted by molar-refractivity contribution is -0.130. The Morgan fingerprint density at radius 3 is 2.10 bits per heavy atom. The van der Waals surface area contributed by atoms with Gasteiger partial charge in [0.25, 0.3) is 11.8 Å². The van der Waals surface area contributed by atoms with E-state index in [9.17, 15) is 24.0 Å². The Morgan fingerprint density at radius 2 is 1.55 bits per heavy atom. The number of halogens is 1. The molecule has 3 amide bonds. The Kier molecular flexibility index (Phi) is 10.0. The van der Waals surface area contributed by atoms with E-state index in [0.29, 0.717) is 48.9 Å². The second kappa shape index (κ2) is 14.4. The van der Waals surface area contributed by atoms with E-state index < -0.39 is 17.3 Å². The van der Waals surface area contributed by atoms with Gasteiger partial charge in [-0.2, -0.15) is 5.26 Å². The summed E-state index contributed by atoms with van der Waals surface area (Å²) in [5, 5.41) is 22.1. The van der Waals surface area contributed by atoms with E-state index in [1.807, 2.05) is 31.2 Å². The number of aromatic nitrogens is 2. The van der Waals surface area contributed by atoms with Crippen molar-refractivity contribution in [3.8, 4) is 17.5 Å². The van der Waals surface area contributed by atoms with Crippen molar-refractivity contribution in [3.05, 3.63) is 106 Å². The molecule has 1 aliphatic carbocycles. The summed E-state index contributed by atoms with van der Waals surface area (Å²) in [6.45, 7) is 2.57. The second-order valence-electron chi connectivity index (χ2n) is 13.8. The number of carbonyl (C=O) groups excluding carboxylic acids is 3. The summed E-state index contributed by atoms with van der Waals surface area (Å²) >= 11 is 0. The van der Waals surface area contributed by atoms with E-state index >= 15 is 0 Å². The molecule has 264 valence electrons. The molecule has 1 fully saturated rings. The van der Waals surface area contributed by atoms with Crippen LogP contribution in [0.4, 0.5) is 4.39 Å². The van der Waals surface area contributed by atoms with E-state index in [-0.39, 0.29) is 42.1 Å². The highest BCUT2D eigenvalue weighted by Crippen LogP contribution is 2.48. The van der Waals surface area contributed by atoms with Crippen molar-refractivity contribution in [1.82, 2.24) is 30.2 Å². The number of hydrogen-bond acceptors (Lipinski definition) is 8. The number of likely N-dealkylation sites (tertiary alicyclic amines) is 1. The first-order valence-corrected chi connectivity index (χ1v) is 17.2. The molecule has 2 aliphatic rings. The highest BCUT2D eigenvalue weighted by atomic mass is 19.1. The Labute approximate surface area is 297 Å². The summed E-state index contributed by atoms with van der Waals surface area (Å²) in [5.74, 6) is -0.302. The van der Waals surface area contributed by atoms with Crippen LogP contribution < -0.4 is 5.32 Å². The third-order valence-electron chi connectivity index (χ3n) is 9.92. The zero-order valence-corrected chi connectivity index (χ0v) is 29.6. The van der Waals surface area contributed by atoms with Crippen LogP contribution in [0.2, 0.25) is 0 Å². The monoisotopic (exact) mass is 691 g/mol. The number of rotatable bonds is 9. The van der Waals surface area contributed by atoms with Gasteiger partial charge in [-0.05, 0) is 110 Å². The molecule has 3 aromatic carbocycles. The standard InChI is InChI=1S/C39H42FN7O4/c1-24(42-23-34(48)47-18-6-7-31(47)22-41)21-39(38-44-43-35(51-38)25-10-14-30(40)15-11-25)32-16-12-28(36(49)45(2)3)19-26(32)8-9-27-20-29(13-17-33(27)39)37(50)46(4)5/h10-17,19-20,24,31,42H,6-9,18,21,23H2,1-5H3/t24-,31?/m1/s1. The molecule has 51 heavy (non-hydrogen) atoms. The Balaban J connectivity index is 1.51. The topological polar surface area (TPSA) is 136 Å². The minimum atomic E-state index is -1.09. The molecular formula is C39H42FN7O4. The quantitative estimate of drug-likeness (QED) is 0.269. The lowest BCUT2D eigenvalue weighted by atomic mass is 9.68. The number of benzene rings is 3. The minimum Gasteiger partial charge on any atom is -0.419 e. The van der Waals surface area contributed by atoms with Gasteiger partial charge in [0.15, 0.2) is 0 Å². The average Bonchev–Trinajstić information content (AvgIpc) is 3.80. The normalized spacial score (nSPS) is 16.7. The predicted octanol–water partition coefficient (Wildman–Crippen LogP) is 4.60. The molecule has 0 spiro atoms. The number of nitrogens with one attached hydrogen (secondary N) is 1. The lowest BCUT2D eigenvalue weighted by Gasteiger charge is -2.36.